The molecule has 2 rings (SSSR count). The number of hydrogen-bond acceptors (Lipinski definition) is 6. The minimum Gasteiger partial charge on any atom is -0.375 e. The molecule has 84 valence electrons. The van der Waals surface area contributed by atoms with Crippen LogP contribution in [-0.2, 0) is 6.54 Å². The molecule has 2 aromatic rings. The zero-order valence-corrected chi connectivity index (χ0v) is 9.40. The molecule has 7 nitrogen and oxygen atoms in total. The van der Waals surface area contributed by atoms with E-state index in [1.165, 1.54) is 22.2 Å². The second kappa shape index (κ2) is 4.06. The molecule has 0 fully saturated rings. The second-order valence-corrected chi connectivity index (χ2v) is 4.23. The van der Waals surface area contributed by atoms with Gasteiger partial charge in [-0.25, -0.2) is 4.98 Å². The first-order valence-electron chi connectivity index (χ1n) is 4.13. The van der Waals surface area contributed by atoms with Gasteiger partial charge < -0.3 is 15.8 Å². The van der Waals surface area contributed by atoms with Crippen molar-refractivity contribution in [3.63, 3.8) is 0 Å². The molecule has 0 saturated carbocycles. The van der Waals surface area contributed by atoms with Crippen LogP contribution in [0.15, 0.2) is 11.6 Å². The summed E-state index contributed by atoms with van der Waals surface area (Å²) in [6.45, 7) is 0.307. The first-order valence-corrected chi connectivity index (χ1v) is 5.39. The van der Waals surface area contributed by atoms with Crippen molar-refractivity contribution in [3.8, 4) is 0 Å². The van der Waals surface area contributed by atoms with Gasteiger partial charge in [-0.1, -0.05) is 11.6 Å². The standard InChI is InChI=1S/C7H6ClN5O2S/c8-5-2-12(11-6(5)13(14)15)1-4-3-16-7(9)10-4/h2-3H,1H2,(H2,9,10). The van der Waals surface area contributed by atoms with Gasteiger partial charge in [0, 0.05) is 5.38 Å². The number of hydrogen-bond donors (Lipinski definition) is 1. The Kier molecular flexibility index (Phi) is 2.75. The molecule has 2 N–H and O–H groups in total. The van der Waals surface area contributed by atoms with Gasteiger partial charge in [-0.2, -0.15) is 4.68 Å². The lowest BCUT2D eigenvalue weighted by molar-refractivity contribution is -0.389. The lowest BCUT2D eigenvalue weighted by atomic mass is 10.5. The zero-order chi connectivity index (χ0) is 11.7. The summed E-state index contributed by atoms with van der Waals surface area (Å²) >= 11 is 6.94. The SMILES string of the molecule is Nc1nc(Cn2cc(Cl)c([N+](=O)[O-])n2)cs1. The Hall–Kier alpha value is -1.67. The highest BCUT2D eigenvalue weighted by atomic mass is 35.5. The molecule has 0 aliphatic carbocycles. The molecule has 0 spiro atoms. The van der Waals surface area contributed by atoms with Crippen LogP contribution in [0.4, 0.5) is 10.9 Å². The molecule has 2 aromatic heterocycles. The predicted octanol–water partition coefficient (Wildman–Crippen LogP) is 1.53. The van der Waals surface area contributed by atoms with Crippen LogP contribution < -0.4 is 5.73 Å². The van der Waals surface area contributed by atoms with Crippen LogP contribution in [0.2, 0.25) is 5.02 Å². The van der Waals surface area contributed by atoms with E-state index < -0.39 is 4.92 Å². The quantitative estimate of drug-likeness (QED) is 0.665. The van der Waals surface area contributed by atoms with Gasteiger partial charge >= 0.3 is 5.82 Å². The monoisotopic (exact) mass is 259 g/mol. The topological polar surface area (TPSA) is 99.9 Å². The predicted molar refractivity (Wildman–Crippen MR) is 59.5 cm³/mol. The van der Waals surface area contributed by atoms with E-state index in [0.717, 1.165) is 0 Å². The van der Waals surface area contributed by atoms with E-state index in [2.05, 4.69) is 10.1 Å². The van der Waals surface area contributed by atoms with Crippen molar-refractivity contribution in [1.29, 1.82) is 0 Å². The molecular formula is C7H6ClN5O2S. The molecular weight excluding hydrogens is 254 g/mol. The summed E-state index contributed by atoms with van der Waals surface area (Å²) in [5.74, 6) is -0.357. The molecule has 0 bridgehead atoms. The van der Waals surface area contributed by atoms with Gasteiger partial charge in [-0.3, -0.25) is 0 Å². The Morgan fingerprint density at radius 3 is 2.94 bits per heavy atom. The van der Waals surface area contributed by atoms with Crippen LogP contribution in [0.25, 0.3) is 0 Å². The van der Waals surface area contributed by atoms with Gasteiger partial charge in [-0.05, 0) is 4.92 Å². The van der Waals surface area contributed by atoms with E-state index in [1.807, 2.05) is 0 Å². The van der Waals surface area contributed by atoms with Gasteiger partial charge in [0.2, 0.25) is 0 Å². The fourth-order valence-corrected chi connectivity index (χ4v) is 1.93. The molecule has 0 aliphatic rings. The smallest absolute Gasteiger partial charge is 0.375 e. The van der Waals surface area contributed by atoms with Crippen molar-refractivity contribution in [2.24, 2.45) is 0 Å². The zero-order valence-electron chi connectivity index (χ0n) is 7.83. The minimum absolute atomic E-state index is 0.00759. The molecule has 0 unspecified atom stereocenters. The molecule has 0 saturated heterocycles. The van der Waals surface area contributed by atoms with E-state index in [-0.39, 0.29) is 10.8 Å². The maximum Gasteiger partial charge on any atom is 0.408 e. The van der Waals surface area contributed by atoms with Gasteiger partial charge in [0.05, 0.1) is 17.0 Å². The molecule has 0 amide bonds. The van der Waals surface area contributed by atoms with Crippen molar-refractivity contribution in [2.45, 2.75) is 6.54 Å². The average Bonchev–Trinajstić information content (AvgIpc) is 2.73. The summed E-state index contributed by atoms with van der Waals surface area (Å²) in [4.78, 5) is 13.9. The van der Waals surface area contributed by atoms with Crippen molar-refractivity contribution in [3.05, 3.63) is 32.4 Å². The molecule has 0 aromatic carbocycles. The lowest BCUT2D eigenvalue weighted by Crippen LogP contribution is -2.01. The number of aromatic nitrogens is 3. The normalized spacial score (nSPS) is 10.6. The third kappa shape index (κ3) is 2.12. The highest BCUT2D eigenvalue weighted by Crippen LogP contribution is 2.22. The maximum atomic E-state index is 10.5. The third-order valence-electron chi connectivity index (χ3n) is 1.77. The van der Waals surface area contributed by atoms with E-state index in [1.54, 1.807) is 5.38 Å². The summed E-state index contributed by atoms with van der Waals surface area (Å²) in [7, 11) is 0. The van der Waals surface area contributed by atoms with Gasteiger partial charge in [0.25, 0.3) is 0 Å². The molecule has 9 heteroatoms. The average molecular weight is 260 g/mol. The lowest BCUT2D eigenvalue weighted by Gasteiger charge is -1.90. The maximum absolute atomic E-state index is 10.5. The van der Waals surface area contributed by atoms with Crippen molar-refractivity contribution in [1.82, 2.24) is 14.8 Å². The number of nitrogens with two attached hydrogens (primary N) is 1. The number of rotatable bonds is 3. The first kappa shape index (κ1) is 10.8. The van der Waals surface area contributed by atoms with Crippen molar-refractivity contribution >= 4 is 33.9 Å². The fourth-order valence-electron chi connectivity index (χ4n) is 1.15. The summed E-state index contributed by atoms with van der Waals surface area (Å²) in [6, 6.07) is 0. The van der Waals surface area contributed by atoms with E-state index in [0.29, 0.717) is 17.4 Å². The van der Waals surface area contributed by atoms with Gasteiger partial charge in [0.1, 0.15) is 6.54 Å². The Labute approximate surface area is 98.6 Å². The third-order valence-corrected chi connectivity index (χ3v) is 2.75. The van der Waals surface area contributed by atoms with Crippen LogP contribution in [0.5, 0.6) is 0 Å². The Morgan fingerprint density at radius 2 is 2.44 bits per heavy atom. The summed E-state index contributed by atoms with van der Waals surface area (Å²) in [6.07, 6.45) is 1.38. The Balaban J connectivity index is 2.22. The summed E-state index contributed by atoms with van der Waals surface area (Å²) in [5.41, 5.74) is 6.15. The van der Waals surface area contributed by atoms with Crippen LogP contribution >= 0.6 is 22.9 Å². The van der Waals surface area contributed by atoms with E-state index >= 15 is 0 Å². The second-order valence-electron chi connectivity index (χ2n) is 2.93. The number of nitro groups is 1. The van der Waals surface area contributed by atoms with Crippen LogP contribution in [0, 0.1) is 10.1 Å². The molecule has 0 aliphatic heterocycles. The number of anilines is 1. The summed E-state index contributed by atoms with van der Waals surface area (Å²) in [5, 5.41) is 16.4. The molecule has 0 radical (unpaired) electrons. The highest BCUT2D eigenvalue weighted by molar-refractivity contribution is 7.13. The first-order chi connectivity index (χ1) is 7.56. The van der Waals surface area contributed by atoms with Crippen molar-refractivity contribution in [2.75, 3.05) is 5.73 Å². The van der Waals surface area contributed by atoms with Crippen LogP contribution in [-0.4, -0.2) is 19.7 Å². The molecule has 16 heavy (non-hydrogen) atoms. The molecule has 2 heterocycles. The Morgan fingerprint density at radius 1 is 1.69 bits per heavy atom. The number of halogens is 1. The van der Waals surface area contributed by atoms with Crippen molar-refractivity contribution < 1.29 is 4.92 Å². The fraction of sp³-hybridized carbons (Fsp3) is 0.143. The number of nitrogen functional groups attached to an aromatic ring is 1. The number of nitrogens with zero attached hydrogens (tertiary/aromatic N) is 4. The van der Waals surface area contributed by atoms with E-state index in [4.69, 9.17) is 17.3 Å². The highest BCUT2D eigenvalue weighted by Gasteiger charge is 2.19. The molecule has 0 atom stereocenters. The summed E-state index contributed by atoms with van der Waals surface area (Å²) < 4.78 is 1.36. The Bertz CT molecular complexity index is 537. The number of thiazole rings is 1. The van der Waals surface area contributed by atoms with Crippen LogP contribution in [0.1, 0.15) is 5.69 Å². The van der Waals surface area contributed by atoms with Gasteiger partial charge in [0.15, 0.2) is 10.2 Å². The van der Waals surface area contributed by atoms with Gasteiger partial charge in [-0.15, -0.1) is 11.3 Å². The minimum atomic E-state index is -0.631. The van der Waals surface area contributed by atoms with E-state index in [9.17, 15) is 10.1 Å². The largest absolute Gasteiger partial charge is 0.408 e. The van der Waals surface area contributed by atoms with Crippen LogP contribution in [0.3, 0.4) is 0 Å².